The predicted molar refractivity (Wildman–Crippen MR) is 97.1 cm³/mol. The van der Waals surface area contributed by atoms with Crippen molar-refractivity contribution >= 4 is 11.7 Å². The van der Waals surface area contributed by atoms with Crippen LogP contribution in [0.2, 0.25) is 0 Å². The molecular weight excluding hydrogens is 316 g/mol. The van der Waals surface area contributed by atoms with E-state index in [0.717, 1.165) is 30.5 Å². The van der Waals surface area contributed by atoms with E-state index in [1.54, 1.807) is 19.9 Å². The number of hydrogen-bond acceptors (Lipinski definition) is 4. The molecule has 0 unspecified atom stereocenters. The molecule has 0 bridgehead atoms. The highest BCUT2D eigenvalue weighted by atomic mass is 16.5. The molecule has 0 saturated heterocycles. The number of carbonyl (C=O) groups is 2. The fourth-order valence-corrected chi connectivity index (χ4v) is 3.28. The minimum Gasteiger partial charge on any atom is -0.478 e. The number of Topliss-reactive ketones (excluding diaryl/α,β-unsaturated/α-hetero) is 1. The monoisotopic (exact) mass is 344 g/mol. The molecular formula is C20H28N2O3. The van der Waals surface area contributed by atoms with Crippen LogP contribution in [0.3, 0.4) is 0 Å². The molecule has 5 nitrogen and oxygen atoms in total. The molecule has 1 aromatic rings. The molecule has 1 amide bonds. The molecule has 1 aromatic carbocycles. The maximum absolute atomic E-state index is 12.5. The van der Waals surface area contributed by atoms with Gasteiger partial charge in [-0.3, -0.25) is 9.59 Å². The summed E-state index contributed by atoms with van der Waals surface area (Å²) in [6.45, 7) is 5.03. The summed E-state index contributed by atoms with van der Waals surface area (Å²) in [7, 11) is 2.10. The lowest BCUT2D eigenvalue weighted by atomic mass is 9.90. The van der Waals surface area contributed by atoms with E-state index < -0.39 is 5.60 Å². The molecule has 0 heterocycles. The predicted octanol–water partition coefficient (Wildman–Crippen LogP) is 2.57. The second kappa shape index (κ2) is 7.16. The average molecular weight is 344 g/mol. The molecule has 2 aliphatic rings. The van der Waals surface area contributed by atoms with Crippen LogP contribution >= 0.6 is 0 Å². The standard InChI is InChI=1S/C20H28N2O3/c1-20(2,19(24)21-11-12-22(3)15-7-8-15)25-16-9-10-17-14(13-16)5-4-6-18(17)23/h9-10,13,15H,4-8,11-12H2,1-3H3,(H,21,24). The van der Waals surface area contributed by atoms with Gasteiger partial charge < -0.3 is 15.0 Å². The van der Waals surface area contributed by atoms with Crippen molar-refractivity contribution in [2.24, 2.45) is 0 Å². The van der Waals surface area contributed by atoms with Gasteiger partial charge in [-0.1, -0.05) is 0 Å². The topological polar surface area (TPSA) is 58.6 Å². The number of fused-ring (bicyclic) bond motifs is 1. The van der Waals surface area contributed by atoms with Gasteiger partial charge in [0.2, 0.25) is 0 Å². The Hall–Kier alpha value is -1.88. The van der Waals surface area contributed by atoms with Gasteiger partial charge in [0.15, 0.2) is 11.4 Å². The summed E-state index contributed by atoms with van der Waals surface area (Å²) in [6.07, 6.45) is 4.92. The van der Waals surface area contributed by atoms with Crippen molar-refractivity contribution in [3.05, 3.63) is 29.3 Å². The van der Waals surface area contributed by atoms with Gasteiger partial charge in [-0.25, -0.2) is 0 Å². The minimum absolute atomic E-state index is 0.120. The van der Waals surface area contributed by atoms with E-state index in [2.05, 4.69) is 17.3 Å². The van der Waals surface area contributed by atoms with Gasteiger partial charge in [-0.05, 0) is 70.3 Å². The van der Waals surface area contributed by atoms with Crippen molar-refractivity contribution in [3.8, 4) is 5.75 Å². The number of rotatable bonds is 7. The third-order valence-electron chi connectivity index (χ3n) is 5.07. The Bertz CT molecular complexity index is 665. The zero-order chi connectivity index (χ0) is 18.0. The number of ether oxygens (including phenoxy) is 1. The first-order valence-corrected chi connectivity index (χ1v) is 9.20. The summed E-state index contributed by atoms with van der Waals surface area (Å²) < 4.78 is 5.95. The summed E-state index contributed by atoms with van der Waals surface area (Å²) in [5.41, 5.74) is 0.866. The molecule has 1 N–H and O–H groups in total. The van der Waals surface area contributed by atoms with Crippen LogP contribution in [0.15, 0.2) is 18.2 Å². The zero-order valence-electron chi connectivity index (χ0n) is 15.4. The summed E-state index contributed by atoms with van der Waals surface area (Å²) >= 11 is 0. The molecule has 0 aromatic heterocycles. The maximum Gasteiger partial charge on any atom is 0.263 e. The van der Waals surface area contributed by atoms with Crippen molar-refractivity contribution in [1.82, 2.24) is 10.2 Å². The number of aryl methyl sites for hydroxylation is 1. The first-order valence-electron chi connectivity index (χ1n) is 9.20. The Morgan fingerprint density at radius 2 is 2.08 bits per heavy atom. The molecule has 136 valence electrons. The van der Waals surface area contributed by atoms with Crippen molar-refractivity contribution in [2.75, 3.05) is 20.1 Å². The van der Waals surface area contributed by atoms with E-state index in [9.17, 15) is 9.59 Å². The van der Waals surface area contributed by atoms with Crippen LogP contribution in [-0.4, -0.2) is 48.4 Å². The molecule has 25 heavy (non-hydrogen) atoms. The second-order valence-electron chi connectivity index (χ2n) is 7.68. The first-order chi connectivity index (χ1) is 11.9. The van der Waals surface area contributed by atoms with Gasteiger partial charge in [0.25, 0.3) is 5.91 Å². The molecule has 2 aliphatic carbocycles. The number of benzene rings is 1. The number of nitrogens with zero attached hydrogens (tertiary/aromatic N) is 1. The minimum atomic E-state index is -0.953. The van der Waals surface area contributed by atoms with Crippen molar-refractivity contribution in [2.45, 2.75) is 57.6 Å². The zero-order valence-corrected chi connectivity index (χ0v) is 15.4. The summed E-state index contributed by atoms with van der Waals surface area (Å²) in [4.78, 5) is 26.7. The smallest absolute Gasteiger partial charge is 0.263 e. The Morgan fingerprint density at radius 3 is 2.80 bits per heavy atom. The molecule has 3 rings (SSSR count). The Morgan fingerprint density at radius 1 is 1.32 bits per heavy atom. The summed E-state index contributed by atoms with van der Waals surface area (Å²) in [5, 5.41) is 2.97. The highest BCUT2D eigenvalue weighted by Crippen LogP contribution is 2.27. The fraction of sp³-hybridized carbons (Fsp3) is 0.600. The van der Waals surface area contributed by atoms with Crippen LogP contribution in [0.1, 0.15) is 55.5 Å². The number of ketones is 1. The molecule has 0 aliphatic heterocycles. The molecule has 5 heteroatoms. The summed E-state index contributed by atoms with van der Waals surface area (Å²) in [6, 6.07) is 6.21. The number of hydrogen-bond donors (Lipinski definition) is 1. The molecule has 0 radical (unpaired) electrons. The highest BCUT2D eigenvalue weighted by Gasteiger charge is 2.31. The Balaban J connectivity index is 1.56. The molecule has 0 atom stereocenters. The lowest BCUT2D eigenvalue weighted by Crippen LogP contribution is -2.48. The molecule has 0 spiro atoms. The van der Waals surface area contributed by atoms with Crippen molar-refractivity contribution in [3.63, 3.8) is 0 Å². The Labute approximate surface area is 149 Å². The Kier molecular flexibility index (Phi) is 5.13. The molecule has 1 fully saturated rings. The van der Waals surface area contributed by atoms with Gasteiger partial charge in [0.1, 0.15) is 5.75 Å². The number of likely N-dealkylation sites (N-methyl/N-ethyl adjacent to an activating group) is 1. The van der Waals surface area contributed by atoms with Crippen LogP contribution in [0.5, 0.6) is 5.75 Å². The largest absolute Gasteiger partial charge is 0.478 e. The van der Waals surface area contributed by atoms with Gasteiger partial charge in [0, 0.05) is 31.1 Å². The molecule has 1 saturated carbocycles. The third kappa shape index (κ3) is 4.40. The fourth-order valence-electron chi connectivity index (χ4n) is 3.28. The van der Waals surface area contributed by atoms with Gasteiger partial charge in [0.05, 0.1) is 0 Å². The van der Waals surface area contributed by atoms with E-state index in [1.807, 2.05) is 12.1 Å². The van der Waals surface area contributed by atoms with Gasteiger partial charge in [-0.2, -0.15) is 0 Å². The normalized spacial score (nSPS) is 17.4. The number of nitrogens with one attached hydrogen (secondary N) is 1. The number of carbonyl (C=O) groups excluding carboxylic acids is 2. The van der Waals surface area contributed by atoms with Crippen LogP contribution in [0, 0.1) is 0 Å². The van der Waals surface area contributed by atoms with Crippen molar-refractivity contribution < 1.29 is 14.3 Å². The van der Waals surface area contributed by atoms with Crippen LogP contribution in [0.25, 0.3) is 0 Å². The van der Waals surface area contributed by atoms with Gasteiger partial charge in [-0.15, -0.1) is 0 Å². The van der Waals surface area contributed by atoms with Crippen LogP contribution in [0.4, 0.5) is 0 Å². The summed E-state index contributed by atoms with van der Waals surface area (Å²) in [5.74, 6) is 0.721. The quantitative estimate of drug-likeness (QED) is 0.826. The van der Waals surface area contributed by atoms with E-state index in [1.165, 1.54) is 12.8 Å². The lowest BCUT2D eigenvalue weighted by molar-refractivity contribution is -0.134. The highest BCUT2D eigenvalue weighted by molar-refractivity contribution is 5.98. The van der Waals surface area contributed by atoms with Gasteiger partial charge >= 0.3 is 0 Å². The second-order valence-corrected chi connectivity index (χ2v) is 7.68. The van der Waals surface area contributed by atoms with E-state index in [0.29, 0.717) is 24.8 Å². The van der Waals surface area contributed by atoms with Crippen LogP contribution < -0.4 is 10.1 Å². The van der Waals surface area contributed by atoms with Crippen LogP contribution in [-0.2, 0) is 11.2 Å². The maximum atomic E-state index is 12.5. The van der Waals surface area contributed by atoms with Crippen molar-refractivity contribution in [1.29, 1.82) is 0 Å². The lowest BCUT2D eigenvalue weighted by Gasteiger charge is -2.27. The first kappa shape index (κ1) is 17.9. The van der Waals surface area contributed by atoms with E-state index >= 15 is 0 Å². The van der Waals surface area contributed by atoms with E-state index in [4.69, 9.17) is 4.74 Å². The van der Waals surface area contributed by atoms with E-state index in [-0.39, 0.29) is 11.7 Å². The SMILES string of the molecule is CN(CCNC(=O)C(C)(C)Oc1ccc2c(c1)CCCC2=O)C1CC1. The number of amides is 1. The third-order valence-corrected chi connectivity index (χ3v) is 5.07. The average Bonchev–Trinajstić information content (AvgIpc) is 3.39.